The van der Waals surface area contributed by atoms with Crippen LogP contribution >= 0.6 is 0 Å². The molecule has 0 spiro atoms. The molecule has 0 bridgehead atoms. The van der Waals surface area contributed by atoms with Crippen LogP contribution in [0.2, 0.25) is 0 Å². The summed E-state index contributed by atoms with van der Waals surface area (Å²) in [6.45, 7) is 5.43. The van der Waals surface area contributed by atoms with Crippen LogP contribution in [0, 0.1) is 13.8 Å². The first-order chi connectivity index (χ1) is 16.3. The number of imide groups is 1. The Morgan fingerprint density at radius 3 is 2.21 bits per heavy atom. The molecule has 0 aromatic heterocycles. The molecule has 1 N–H and O–H groups in total. The molecule has 1 aliphatic heterocycles. The molecule has 0 saturated heterocycles. The van der Waals surface area contributed by atoms with Gasteiger partial charge in [-0.25, -0.2) is 9.69 Å². The maximum absolute atomic E-state index is 12.7. The molecule has 3 aromatic rings. The molecule has 172 valence electrons. The van der Waals surface area contributed by atoms with Gasteiger partial charge in [0.1, 0.15) is 0 Å². The van der Waals surface area contributed by atoms with Crippen LogP contribution in [0.15, 0.2) is 66.7 Å². The summed E-state index contributed by atoms with van der Waals surface area (Å²) in [7, 11) is 0. The van der Waals surface area contributed by atoms with E-state index < -0.39 is 30.3 Å². The lowest BCUT2D eigenvalue weighted by Gasteiger charge is -2.16. The number of amides is 3. The Bertz CT molecular complexity index is 1280. The number of benzene rings is 3. The van der Waals surface area contributed by atoms with Crippen LogP contribution in [0.5, 0.6) is 0 Å². The molecular weight excluding hydrogens is 432 g/mol. The first-order valence-corrected chi connectivity index (χ1v) is 10.9. The number of hydrogen-bond donors (Lipinski definition) is 1. The van der Waals surface area contributed by atoms with E-state index in [2.05, 4.69) is 5.32 Å². The van der Waals surface area contributed by atoms with Gasteiger partial charge in [0.2, 0.25) is 0 Å². The van der Waals surface area contributed by atoms with Gasteiger partial charge in [-0.05, 0) is 67.8 Å². The highest BCUT2D eigenvalue weighted by molar-refractivity contribution is 6.34. The Hall–Kier alpha value is -4.26. The summed E-state index contributed by atoms with van der Waals surface area (Å²) in [4.78, 5) is 51.3. The molecule has 4 rings (SSSR count). The van der Waals surface area contributed by atoms with Crippen molar-refractivity contribution >= 4 is 29.4 Å². The minimum Gasteiger partial charge on any atom is -0.452 e. The first kappa shape index (κ1) is 22.9. The van der Waals surface area contributed by atoms with Gasteiger partial charge in [-0.15, -0.1) is 0 Å². The summed E-state index contributed by atoms with van der Waals surface area (Å²) < 4.78 is 5.16. The Kier molecular flexibility index (Phi) is 6.27. The van der Waals surface area contributed by atoms with Crippen molar-refractivity contribution in [2.75, 3.05) is 11.5 Å². The molecule has 34 heavy (non-hydrogen) atoms. The number of rotatable bonds is 6. The fourth-order valence-electron chi connectivity index (χ4n) is 3.81. The van der Waals surface area contributed by atoms with Crippen molar-refractivity contribution in [2.45, 2.75) is 26.8 Å². The average Bonchev–Trinajstić information content (AvgIpc) is 3.09. The number of nitrogens with zero attached hydrogens (tertiary/aromatic N) is 1. The van der Waals surface area contributed by atoms with Gasteiger partial charge in [0.15, 0.2) is 6.61 Å². The van der Waals surface area contributed by atoms with Gasteiger partial charge in [-0.2, -0.15) is 0 Å². The largest absolute Gasteiger partial charge is 0.452 e. The number of hydrogen-bond acceptors (Lipinski definition) is 5. The zero-order valence-corrected chi connectivity index (χ0v) is 19.1. The predicted octanol–water partition coefficient (Wildman–Crippen LogP) is 4.14. The molecule has 7 nitrogen and oxygen atoms in total. The summed E-state index contributed by atoms with van der Waals surface area (Å²) in [5.41, 5.74) is 4.27. The topological polar surface area (TPSA) is 92.8 Å². The quantitative estimate of drug-likeness (QED) is 0.445. The normalized spacial score (nSPS) is 13.4. The van der Waals surface area contributed by atoms with E-state index >= 15 is 0 Å². The van der Waals surface area contributed by atoms with Gasteiger partial charge in [0.05, 0.1) is 28.4 Å². The molecule has 3 aromatic carbocycles. The second-order valence-electron chi connectivity index (χ2n) is 8.25. The van der Waals surface area contributed by atoms with Gasteiger partial charge in [0, 0.05) is 0 Å². The van der Waals surface area contributed by atoms with Crippen LogP contribution in [-0.4, -0.2) is 30.3 Å². The zero-order valence-electron chi connectivity index (χ0n) is 19.1. The van der Waals surface area contributed by atoms with Crippen molar-refractivity contribution in [3.63, 3.8) is 0 Å². The number of carbonyl (C=O) groups excluding carboxylic acids is 4. The lowest BCUT2D eigenvalue weighted by Crippen LogP contribution is -2.31. The second-order valence-corrected chi connectivity index (χ2v) is 8.25. The smallest absolute Gasteiger partial charge is 0.338 e. The van der Waals surface area contributed by atoms with E-state index in [9.17, 15) is 19.2 Å². The maximum Gasteiger partial charge on any atom is 0.338 e. The summed E-state index contributed by atoms with van der Waals surface area (Å²) in [6, 6.07) is 18.3. The standard InChI is InChI=1S/C27H24N2O5/c1-16-11-12-19(13-17(16)2)18(3)28-24(30)15-34-27(33)20-7-6-8-21(14-20)29-25(31)22-9-4-5-10-23(22)26(29)32/h4-14,18H,15H2,1-3H3,(H,28,30). The SMILES string of the molecule is Cc1ccc(C(C)NC(=O)COC(=O)c2cccc(N3C(=O)c4ccccc4C3=O)c2)cc1C. The average molecular weight is 456 g/mol. The highest BCUT2D eigenvalue weighted by Gasteiger charge is 2.36. The molecule has 7 heteroatoms. The second kappa shape index (κ2) is 9.31. The van der Waals surface area contributed by atoms with Gasteiger partial charge >= 0.3 is 5.97 Å². The van der Waals surface area contributed by atoms with E-state index in [4.69, 9.17) is 4.74 Å². The molecule has 0 radical (unpaired) electrons. The van der Waals surface area contributed by atoms with E-state index in [-0.39, 0.29) is 17.3 Å². The van der Waals surface area contributed by atoms with Crippen molar-refractivity contribution in [3.8, 4) is 0 Å². The monoisotopic (exact) mass is 456 g/mol. The molecule has 0 aliphatic carbocycles. The van der Waals surface area contributed by atoms with Crippen molar-refractivity contribution in [3.05, 3.63) is 100 Å². The number of ether oxygens (including phenoxy) is 1. The van der Waals surface area contributed by atoms with Gasteiger partial charge in [-0.3, -0.25) is 14.4 Å². The summed E-state index contributed by atoms with van der Waals surface area (Å²) in [6.07, 6.45) is 0. The third-order valence-electron chi connectivity index (χ3n) is 5.88. The van der Waals surface area contributed by atoms with Crippen molar-refractivity contribution in [1.29, 1.82) is 0 Å². The van der Waals surface area contributed by atoms with E-state index in [0.717, 1.165) is 16.0 Å². The van der Waals surface area contributed by atoms with Crippen molar-refractivity contribution in [1.82, 2.24) is 5.32 Å². The highest BCUT2D eigenvalue weighted by atomic mass is 16.5. The molecular formula is C27H24N2O5. The van der Waals surface area contributed by atoms with Crippen LogP contribution < -0.4 is 10.2 Å². The molecule has 0 fully saturated rings. The van der Waals surface area contributed by atoms with Crippen LogP contribution in [-0.2, 0) is 9.53 Å². The number of fused-ring (bicyclic) bond motifs is 1. The van der Waals surface area contributed by atoms with Crippen LogP contribution in [0.4, 0.5) is 5.69 Å². The van der Waals surface area contributed by atoms with Gasteiger partial charge < -0.3 is 10.1 Å². The number of anilines is 1. The zero-order chi connectivity index (χ0) is 24.4. The van der Waals surface area contributed by atoms with Crippen LogP contribution in [0.3, 0.4) is 0 Å². The number of carbonyl (C=O) groups is 4. The minimum absolute atomic E-state index is 0.129. The number of esters is 1. The molecule has 1 heterocycles. The summed E-state index contributed by atoms with van der Waals surface area (Å²) in [5.74, 6) is -2.07. The Balaban J connectivity index is 1.39. The summed E-state index contributed by atoms with van der Waals surface area (Å²) >= 11 is 0. The lowest BCUT2D eigenvalue weighted by atomic mass is 10.0. The predicted molar refractivity (Wildman–Crippen MR) is 127 cm³/mol. The van der Waals surface area contributed by atoms with Crippen molar-refractivity contribution in [2.24, 2.45) is 0 Å². The third-order valence-corrected chi connectivity index (χ3v) is 5.88. The molecule has 1 aliphatic rings. The van der Waals surface area contributed by atoms with E-state index in [1.54, 1.807) is 36.4 Å². The van der Waals surface area contributed by atoms with E-state index in [1.165, 1.54) is 17.7 Å². The van der Waals surface area contributed by atoms with Crippen molar-refractivity contribution < 1.29 is 23.9 Å². The highest BCUT2D eigenvalue weighted by Crippen LogP contribution is 2.28. The van der Waals surface area contributed by atoms with Gasteiger partial charge in [0.25, 0.3) is 17.7 Å². The van der Waals surface area contributed by atoms with Gasteiger partial charge in [-0.1, -0.05) is 36.4 Å². The molecule has 0 saturated carbocycles. The van der Waals surface area contributed by atoms with E-state index in [0.29, 0.717) is 11.1 Å². The lowest BCUT2D eigenvalue weighted by molar-refractivity contribution is -0.124. The number of nitrogens with one attached hydrogen (secondary N) is 1. The first-order valence-electron chi connectivity index (χ1n) is 10.9. The summed E-state index contributed by atoms with van der Waals surface area (Å²) in [5, 5.41) is 2.81. The molecule has 1 unspecified atom stereocenters. The Labute approximate surface area is 197 Å². The molecule has 3 amide bonds. The molecule has 1 atom stereocenters. The minimum atomic E-state index is -0.729. The fourth-order valence-corrected chi connectivity index (χ4v) is 3.81. The third kappa shape index (κ3) is 4.45. The maximum atomic E-state index is 12.7. The Morgan fingerprint density at radius 2 is 1.56 bits per heavy atom. The van der Waals surface area contributed by atoms with Crippen LogP contribution in [0.1, 0.15) is 60.7 Å². The number of aryl methyl sites for hydroxylation is 2. The van der Waals surface area contributed by atoms with Crippen LogP contribution in [0.25, 0.3) is 0 Å². The van der Waals surface area contributed by atoms with E-state index in [1.807, 2.05) is 39.0 Å². The fraction of sp³-hybridized carbons (Fsp3) is 0.185. The Morgan fingerprint density at radius 1 is 0.882 bits per heavy atom.